The zero-order valence-corrected chi connectivity index (χ0v) is 14.8. The fourth-order valence-electron chi connectivity index (χ4n) is 3.45. The topological polar surface area (TPSA) is 29.3 Å². The molecule has 0 spiro atoms. The summed E-state index contributed by atoms with van der Waals surface area (Å²) in [7, 11) is 0. The highest BCUT2D eigenvalue weighted by molar-refractivity contribution is 7.17. The van der Waals surface area contributed by atoms with Crippen LogP contribution in [0.15, 0.2) is 24.3 Å². The van der Waals surface area contributed by atoms with E-state index >= 15 is 0 Å². The Kier molecular flexibility index (Phi) is 3.74. The number of aromatic nitrogens is 2. The van der Waals surface area contributed by atoms with Gasteiger partial charge in [0.25, 0.3) is 0 Å². The van der Waals surface area contributed by atoms with Crippen LogP contribution in [0.4, 0.5) is 0 Å². The standard InChI is InChI=1S/C19H23N3S/c1-4-15-18(14-7-5-13(6-8-14)12(2)3)21-19-22(15)16-9-10-20-11-17(16)23-19/h5-8,12,20H,4,9-11H2,1-3H3. The summed E-state index contributed by atoms with van der Waals surface area (Å²) in [6, 6.07) is 8.95. The zero-order valence-electron chi connectivity index (χ0n) is 14.0. The van der Waals surface area contributed by atoms with E-state index in [1.807, 2.05) is 11.3 Å². The second-order valence-corrected chi connectivity index (χ2v) is 7.62. The minimum absolute atomic E-state index is 0.569. The third-order valence-corrected chi connectivity index (χ3v) is 5.84. The van der Waals surface area contributed by atoms with Crippen LogP contribution in [0.25, 0.3) is 16.2 Å². The molecule has 3 nitrogen and oxygen atoms in total. The maximum Gasteiger partial charge on any atom is 0.194 e. The predicted octanol–water partition coefficient (Wildman–Crippen LogP) is 4.39. The maximum atomic E-state index is 4.99. The van der Waals surface area contributed by atoms with Crippen LogP contribution in [0.3, 0.4) is 0 Å². The number of nitrogens with one attached hydrogen (secondary N) is 1. The highest BCUT2D eigenvalue weighted by atomic mass is 32.1. The van der Waals surface area contributed by atoms with E-state index in [0.717, 1.165) is 36.6 Å². The van der Waals surface area contributed by atoms with Crippen molar-refractivity contribution in [1.82, 2.24) is 14.7 Å². The number of benzene rings is 1. The first-order chi connectivity index (χ1) is 11.2. The average molecular weight is 325 g/mol. The van der Waals surface area contributed by atoms with E-state index in [-0.39, 0.29) is 0 Å². The summed E-state index contributed by atoms with van der Waals surface area (Å²) in [4.78, 5) is 7.59. The fourth-order valence-corrected chi connectivity index (χ4v) is 4.61. The first-order valence-corrected chi connectivity index (χ1v) is 9.33. The van der Waals surface area contributed by atoms with Crippen LogP contribution in [0.1, 0.15) is 48.5 Å². The molecule has 4 heteroatoms. The number of imidazole rings is 1. The summed E-state index contributed by atoms with van der Waals surface area (Å²) < 4.78 is 2.42. The summed E-state index contributed by atoms with van der Waals surface area (Å²) in [5.74, 6) is 0.569. The summed E-state index contributed by atoms with van der Waals surface area (Å²) in [6.07, 6.45) is 2.11. The van der Waals surface area contributed by atoms with Crippen molar-refractivity contribution in [1.29, 1.82) is 0 Å². The molecule has 1 aliphatic rings. The van der Waals surface area contributed by atoms with Crippen LogP contribution in [0.5, 0.6) is 0 Å². The van der Waals surface area contributed by atoms with Crippen LogP contribution in [0.2, 0.25) is 0 Å². The number of thiazole rings is 1. The molecular formula is C19H23N3S. The highest BCUT2D eigenvalue weighted by Crippen LogP contribution is 2.33. The number of hydrogen-bond donors (Lipinski definition) is 1. The van der Waals surface area contributed by atoms with Gasteiger partial charge in [0.2, 0.25) is 0 Å². The van der Waals surface area contributed by atoms with Gasteiger partial charge in [-0.3, -0.25) is 4.40 Å². The molecule has 1 N–H and O–H groups in total. The van der Waals surface area contributed by atoms with Crippen LogP contribution >= 0.6 is 11.3 Å². The first kappa shape index (κ1) is 14.9. The number of hydrogen-bond acceptors (Lipinski definition) is 3. The van der Waals surface area contributed by atoms with Gasteiger partial charge in [-0.15, -0.1) is 0 Å². The molecule has 0 aliphatic carbocycles. The normalized spacial score (nSPS) is 14.6. The minimum atomic E-state index is 0.569. The molecule has 4 rings (SSSR count). The van der Waals surface area contributed by atoms with Gasteiger partial charge in [-0.2, -0.15) is 0 Å². The van der Waals surface area contributed by atoms with Crippen molar-refractivity contribution in [2.24, 2.45) is 0 Å². The summed E-state index contributed by atoms with van der Waals surface area (Å²) in [5, 5.41) is 3.46. The molecular weight excluding hydrogens is 302 g/mol. The predicted molar refractivity (Wildman–Crippen MR) is 97.4 cm³/mol. The molecule has 120 valence electrons. The van der Waals surface area contributed by atoms with Gasteiger partial charge >= 0.3 is 0 Å². The molecule has 0 amide bonds. The van der Waals surface area contributed by atoms with E-state index in [1.54, 1.807) is 0 Å². The van der Waals surface area contributed by atoms with Crippen molar-refractivity contribution >= 4 is 16.3 Å². The van der Waals surface area contributed by atoms with Crippen molar-refractivity contribution in [2.75, 3.05) is 6.54 Å². The van der Waals surface area contributed by atoms with Gasteiger partial charge in [0.05, 0.1) is 11.4 Å². The Morgan fingerprint density at radius 3 is 2.74 bits per heavy atom. The largest absolute Gasteiger partial charge is 0.311 e. The highest BCUT2D eigenvalue weighted by Gasteiger charge is 2.22. The Bertz CT molecular complexity index is 840. The van der Waals surface area contributed by atoms with Crippen LogP contribution in [-0.2, 0) is 19.4 Å². The van der Waals surface area contributed by atoms with E-state index in [2.05, 4.69) is 54.8 Å². The number of rotatable bonds is 3. The van der Waals surface area contributed by atoms with Crippen LogP contribution in [0, 0.1) is 0 Å². The monoisotopic (exact) mass is 325 g/mol. The van der Waals surface area contributed by atoms with E-state index in [4.69, 9.17) is 4.98 Å². The minimum Gasteiger partial charge on any atom is -0.311 e. The second-order valence-electron chi connectivity index (χ2n) is 6.55. The van der Waals surface area contributed by atoms with Gasteiger partial charge in [-0.1, -0.05) is 56.4 Å². The van der Waals surface area contributed by atoms with Crippen molar-refractivity contribution < 1.29 is 0 Å². The third kappa shape index (κ3) is 2.41. The molecule has 23 heavy (non-hydrogen) atoms. The quantitative estimate of drug-likeness (QED) is 0.773. The lowest BCUT2D eigenvalue weighted by Gasteiger charge is -2.13. The smallest absolute Gasteiger partial charge is 0.194 e. The van der Waals surface area contributed by atoms with Crippen molar-refractivity contribution in [3.05, 3.63) is 46.1 Å². The molecule has 3 aromatic rings. The van der Waals surface area contributed by atoms with Crippen molar-refractivity contribution in [2.45, 2.75) is 46.1 Å². The van der Waals surface area contributed by atoms with Gasteiger partial charge in [0, 0.05) is 35.6 Å². The molecule has 0 saturated heterocycles. The number of aryl methyl sites for hydroxylation is 1. The lowest BCUT2D eigenvalue weighted by molar-refractivity contribution is 0.635. The fraction of sp³-hybridized carbons (Fsp3) is 0.421. The van der Waals surface area contributed by atoms with Gasteiger partial charge in [0.1, 0.15) is 0 Å². The molecule has 1 aliphatic heterocycles. The number of nitrogens with zero attached hydrogens (tertiary/aromatic N) is 2. The number of fused-ring (bicyclic) bond motifs is 3. The van der Waals surface area contributed by atoms with Gasteiger partial charge in [-0.25, -0.2) is 4.98 Å². The molecule has 0 radical (unpaired) electrons. The molecule has 0 unspecified atom stereocenters. The Balaban J connectivity index is 1.85. The maximum absolute atomic E-state index is 4.99. The van der Waals surface area contributed by atoms with Gasteiger partial charge in [0.15, 0.2) is 4.96 Å². The average Bonchev–Trinajstić information content (AvgIpc) is 3.10. The molecule has 0 fully saturated rings. The molecule has 0 bridgehead atoms. The Morgan fingerprint density at radius 2 is 2.04 bits per heavy atom. The van der Waals surface area contributed by atoms with Gasteiger partial charge in [-0.05, 0) is 17.9 Å². The molecule has 0 atom stereocenters. The molecule has 1 aromatic carbocycles. The first-order valence-electron chi connectivity index (χ1n) is 8.52. The SMILES string of the molecule is CCc1c(-c2ccc(C(C)C)cc2)nc2sc3c(n12)CCNC3. The third-order valence-electron chi connectivity index (χ3n) is 4.76. The van der Waals surface area contributed by atoms with E-state index in [0.29, 0.717) is 5.92 Å². The summed E-state index contributed by atoms with van der Waals surface area (Å²) in [6.45, 7) is 8.77. The second kappa shape index (κ2) is 5.77. The summed E-state index contributed by atoms with van der Waals surface area (Å²) in [5.41, 5.74) is 6.62. The zero-order chi connectivity index (χ0) is 16.0. The van der Waals surface area contributed by atoms with E-state index < -0.39 is 0 Å². The Labute approximate surface area is 141 Å². The lowest BCUT2D eigenvalue weighted by Crippen LogP contribution is -2.23. The van der Waals surface area contributed by atoms with Crippen LogP contribution in [-0.4, -0.2) is 15.9 Å². The molecule has 2 aromatic heterocycles. The van der Waals surface area contributed by atoms with E-state index in [9.17, 15) is 0 Å². The Morgan fingerprint density at radius 1 is 1.26 bits per heavy atom. The van der Waals surface area contributed by atoms with Gasteiger partial charge < -0.3 is 5.32 Å². The van der Waals surface area contributed by atoms with Crippen molar-refractivity contribution in [3.8, 4) is 11.3 Å². The van der Waals surface area contributed by atoms with Crippen LogP contribution < -0.4 is 5.32 Å². The Hall–Kier alpha value is -1.65. The lowest BCUT2D eigenvalue weighted by atomic mass is 10.00. The molecule has 3 heterocycles. The van der Waals surface area contributed by atoms with E-state index in [1.165, 1.54) is 27.4 Å². The summed E-state index contributed by atoms with van der Waals surface area (Å²) >= 11 is 1.84. The molecule has 0 saturated carbocycles. The van der Waals surface area contributed by atoms with Crippen molar-refractivity contribution in [3.63, 3.8) is 0 Å².